The number of hydrogen-bond donors (Lipinski definition) is 0. The van der Waals surface area contributed by atoms with Crippen LogP contribution in [0.25, 0.3) is 0 Å². The van der Waals surface area contributed by atoms with E-state index in [1.54, 1.807) is 0 Å². The summed E-state index contributed by atoms with van der Waals surface area (Å²) >= 11 is 0. The molecule has 270 valence electrons. The van der Waals surface area contributed by atoms with E-state index in [2.05, 4.69) is 0 Å². The van der Waals surface area contributed by atoms with Gasteiger partial charge in [0.05, 0.1) is 5.30 Å². The molecule has 0 saturated heterocycles. The SMILES string of the molecule is CC(C)(C)/C=C(\[PH2+]c1c(C(C)(C)C)cc(C(C)(C)C)cc1C(C)(C)C)[B-](F)(c1c(F)c(F)c(F)c(F)c1F)c1c(F)c(F)c(F)c(F)c1F. The largest absolute Gasteiger partial charge is 0.494 e. The zero-order valence-electron chi connectivity index (χ0n) is 29.5. The van der Waals surface area contributed by atoms with Crippen molar-refractivity contribution in [3.63, 3.8) is 0 Å². The molecule has 3 aromatic carbocycles. The summed E-state index contributed by atoms with van der Waals surface area (Å²) in [5, 5.41) is -0.515. The second-order valence-corrected chi connectivity index (χ2v) is 18.1. The first-order valence-corrected chi connectivity index (χ1v) is 16.7. The summed E-state index contributed by atoms with van der Waals surface area (Å²) in [6.07, 6.45) is -4.62. The molecule has 1 unspecified atom stereocenters. The lowest BCUT2D eigenvalue weighted by Gasteiger charge is -2.38. The van der Waals surface area contributed by atoms with Gasteiger partial charge in [-0.1, -0.05) is 112 Å². The van der Waals surface area contributed by atoms with Gasteiger partial charge in [0.15, 0.2) is 34.9 Å². The highest BCUT2D eigenvalue weighted by molar-refractivity contribution is 7.58. The lowest BCUT2D eigenvalue weighted by Crippen LogP contribution is -2.62. The molecule has 3 rings (SSSR count). The second kappa shape index (κ2) is 13.0. The Morgan fingerprint density at radius 3 is 1.02 bits per heavy atom. The highest BCUT2D eigenvalue weighted by atomic mass is 31.1. The van der Waals surface area contributed by atoms with E-state index >= 15 is 21.9 Å². The monoisotopic (exact) mass is 724 g/mol. The fraction of sp³-hybridized carbons (Fsp3) is 0.444. The zero-order chi connectivity index (χ0) is 38.1. The summed E-state index contributed by atoms with van der Waals surface area (Å²) in [6, 6.07) is 3.66. The van der Waals surface area contributed by atoms with E-state index in [0.717, 1.165) is 11.6 Å². The molecule has 3 aromatic rings. The molecule has 0 amide bonds. The van der Waals surface area contributed by atoms with Crippen molar-refractivity contribution in [1.82, 2.24) is 0 Å². The molecule has 0 bridgehead atoms. The molecular weight excluding hydrogens is 683 g/mol. The van der Waals surface area contributed by atoms with Crippen LogP contribution >= 0.6 is 8.58 Å². The summed E-state index contributed by atoms with van der Waals surface area (Å²) in [4.78, 5) is 0. The van der Waals surface area contributed by atoms with E-state index in [1.807, 2.05) is 74.4 Å². The van der Waals surface area contributed by atoms with Gasteiger partial charge in [0.2, 0.25) is 0 Å². The Hall–Kier alpha value is -2.88. The van der Waals surface area contributed by atoms with Crippen molar-refractivity contribution in [3.05, 3.63) is 98.3 Å². The van der Waals surface area contributed by atoms with Gasteiger partial charge in [-0.05, 0) is 32.4 Å². The minimum absolute atomic E-state index is 0.361. The molecule has 0 fully saturated rings. The van der Waals surface area contributed by atoms with Gasteiger partial charge in [0.1, 0.15) is 23.3 Å². The third-order valence-corrected chi connectivity index (χ3v) is 10.2. The summed E-state index contributed by atoms with van der Waals surface area (Å²) < 4.78 is 169. The van der Waals surface area contributed by atoms with Crippen LogP contribution < -0.4 is 16.2 Å². The normalized spacial score (nSPS) is 14.1. The quantitative estimate of drug-likeness (QED) is 0.0809. The third-order valence-electron chi connectivity index (χ3n) is 8.32. The molecule has 0 aliphatic heterocycles. The Labute approximate surface area is 282 Å². The van der Waals surface area contributed by atoms with Gasteiger partial charge in [-0.2, -0.15) is 0 Å². The van der Waals surface area contributed by atoms with E-state index in [4.69, 9.17) is 0 Å². The number of halogens is 11. The highest BCUT2D eigenvalue weighted by Gasteiger charge is 2.49. The highest BCUT2D eigenvalue weighted by Crippen LogP contribution is 2.44. The van der Waals surface area contributed by atoms with Crippen LogP contribution in [0.4, 0.5) is 48.2 Å². The minimum Gasteiger partial charge on any atom is -0.494 e. The van der Waals surface area contributed by atoms with Crippen molar-refractivity contribution in [2.45, 2.75) is 99.3 Å². The molecule has 0 radical (unpaired) electrons. The maximum atomic E-state index is 18.4. The van der Waals surface area contributed by atoms with E-state index in [0.29, 0.717) is 16.4 Å². The Morgan fingerprint density at radius 1 is 0.490 bits per heavy atom. The molecular formula is C36H41BF11P. The van der Waals surface area contributed by atoms with Gasteiger partial charge in [-0.3, -0.25) is 0 Å². The second-order valence-electron chi connectivity index (χ2n) is 16.6. The van der Waals surface area contributed by atoms with E-state index in [9.17, 15) is 26.3 Å². The Morgan fingerprint density at radius 2 is 0.776 bits per heavy atom. The third kappa shape index (κ3) is 7.45. The van der Waals surface area contributed by atoms with Crippen LogP contribution in [-0.4, -0.2) is 6.42 Å². The molecule has 0 heterocycles. The van der Waals surface area contributed by atoms with Crippen LogP contribution in [0.15, 0.2) is 23.4 Å². The van der Waals surface area contributed by atoms with Crippen LogP contribution in [0.3, 0.4) is 0 Å². The van der Waals surface area contributed by atoms with Gasteiger partial charge >= 0.3 is 0 Å². The topological polar surface area (TPSA) is 0 Å². The van der Waals surface area contributed by atoms with E-state index < -0.39 is 111 Å². The average Bonchev–Trinajstić information content (AvgIpc) is 2.94. The van der Waals surface area contributed by atoms with Crippen LogP contribution in [0.5, 0.6) is 0 Å². The van der Waals surface area contributed by atoms with Crippen LogP contribution in [-0.2, 0) is 16.2 Å². The zero-order valence-corrected chi connectivity index (χ0v) is 30.7. The van der Waals surface area contributed by atoms with E-state index in [1.165, 1.54) is 20.8 Å². The van der Waals surface area contributed by atoms with Gasteiger partial charge < -0.3 is 4.32 Å². The molecule has 0 spiro atoms. The van der Waals surface area contributed by atoms with Gasteiger partial charge in [0, 0.05) is 19.7 Å². The van der Waals surface area contributed by atoms with Gasteiger partial charge in [0.25, 0.3) is 6.42 Å². The molecule has 49 heavy (non-hydrogen) atoms. The summed E-state index contributed by atoms with van der Waals surface area (Å²) in [6.45, 7) is 21.1. The number of benzene rings is 3. The van der Waals surface area contributed by atoms with Crippen molar-refractivity contribution < 1.29 is 48.2 Å². The predicted molar refractivity (Wildman–Crippen MR) is 178 cm³/mol. The molecule has 0 aromatic heterocycles. The number of allylic oxidation sites excluding steroid dienone is 1. The van der Waals surface area contributed by atoms with Crippen LogP contribution in [0.2, 0.25) is 0 Å². The average molecular weight is 724 g/mol. The Kier molecular flexibility index (Phi) is 10.8. The number of hydrogen-bond acceptors (Lipinski definition) is 0. The Balaban J connectivity index is 2.77. The smallest absolute Gasteiger partial charge is 0.279 e. The molecule has 1 atom stereocenters. The predicted octanol–water partition coefficient (Wildman–Crippen LogP) is 10.2. The minimum atomic E-state index is -5.63. The molecule has 0 saturated carbocycles. The summed E-state index contributed by atoms with van der Waals surface area (Å²) in [7, 11) is -1.94. The lowest BCUT2D eigenvalue weighted by atomic mass is 9.33. The van der Waals surface area contributed by atoms with Crippen molar-refractivity contribution in [1.29, 1.82) is 0 Å². The lowest BCUT2D eigenvalue weighted by molar-refractivity contribution is 0.380. The maximum absolute atomic E-state index is 18.4. The van der Waals surface area contributed by atoms with Crippen LogP contribution in [0, 0.1) is 63.6 Å². The van der Waals surface area contributed by atoms with Gasteiger partial charge in [-0.25, -0.2) is 43.9 Å². The van der Waals surface area contributed by atoms with Crippen LogP contribution in [0.1, 0.15) is 99.8 Å². The van der Waals surface area contributed by atoms with Crippen molar-refractivity contribution in [2.24, 2.45) is 5.41 Å². The molecule has 0 N–H and O–H groups in total. The summed E-state index contributed by atoms with van der Waals surface area (Å²) in [5.74, 6) is -27.3. The first-order valence-electron chi connectivity index (χ1n) is 15.5. The van der Waals surface area contributed by atoms with Crippen molar-refractivity contribution in [3.8, 4) is 0 Å². The standard InChI is InChI=1S/C36H40BF11P/c1-33(2,3)15-19(49-32-17(35(7,8)9)13-16(34(4,5)6)14-18(32)36(10,11)12)37(48,20-22(38)26(42)30(46)27(43)23(20)39)21-24(40)28(44)31(47)29(45)25(21)41/h13-15,49H,1-12H3/q-1/p+1/b19-15-. The Bertz CT molecular complexity index is 1670. The first kappa shape index (κ1) is 40.6. The van der Waals surface area contributed by atoms with Crippen molar-refractivity contribution >= 4 is 31.2 Å². The summed E-state index contributed by atoms with van der Waals surface area (Å²) in [5.41, 5.74) is -5.84. The molecule has 0 aliphatic carbocycles. The van der Waals surface area contributed by atoms with E-state index in [-0.39, 0.29) is 0 Å². The fourth-order valence-electron chi connectivity index (χ4n) is 5.84. The first-order chi connectivity index (χ1) is 21.9. The molecule has 0 aliphatic rings. The van der Waals surface area contributed by atoms with Crippen molar-refractivity contribution in [2.75, 3.05) is 0 Å². The molecule has 13 heteroatoms. The fourth-order valence-corrected chi connectivity index (χ4v) is 8.66. The maximum Gasteiger partial charge on any atom is 0.279 e. The molecule has 0 nitrogen and oxygen atoms in total. The van der Waals surface area contributed by atoms with Gasteiger partial charge in [-0.15, -0.1) is 0 Å². The number of rotatable bonds is 5.